The Labute approximate surface area is 350 Å². The monoisotopic (exact) mass is 788 g/mol. The molecule has 0 aliphatic heterocycles. The highest BCUT2D eigenvalue weighted by Gasteiger charge is 2.17. The third-order valence-electron chi connectivity index (χ3n) is 9.84. The zero-order chi connectivity index (χ0) is 40.8. The second-order valence-electron chi connectivity index (χ2n) is 14.0. The Balaban J connectivity index is 1.11. The van der Waals surface area contributed by atoms with Gasteiger partial charge in [0.1, 0.15) is 25.3 Å². The molecular weight excluding hydrogens is 757 g/mol. The molecule has 0 amide bonds. The maximum absolute atomic E-state index is 4.92. The fourth-order valence-electron chi connectivity index (χ4n) is 6.99. The Morgan fingerprint density at radius 1 is 0.230 bits per heavy atom. The van der Waals surface area contributed by atoms with Crippen LogP contribution >= 0.6 is 0 Å². The predicted octanol–water partition coefficient (Wildman–Crippen LogP) is 9.35. The maximum Gasteiger partial charge on any atom is 0.163 e. The molecule has 10 aromatic rings. The first kappa shape index (κ1) is 36.7. The van der Waals surface area contributed by atoms with Crippen molar-refractivity contribution in [3.63, 3.8) is 0 Å². The van der Waals surface area contributed by atoms with Crippen LogP contribution in [0.3, 0.4) is 0 Å². The highest BCUT2D eigenvalue weighted by atomic mass is 15.0. The van der Waals surface area contributed by atoms with Gasteiger partial charge in [-0.2, -0.15) is 0 Å². The number of benzene rings is 6. The first-order chi connectivity index (χ1) is 30.2. The quantitative estimate of drug-likeness (QED) is 0.130. The topological polar surface area (TPSA) is 155 Å². The molecule has 0 N–H and O–H groups in total. The van der Waals surface area contributed by atoms with Crippen molar-refractivity contribution in [1.82, 2.24) is 59.8 Å². The molecule has 0 saturated heterocycles. The van der Waals surface area contributed by atoms with E-state index >= 15 is 0 Å². The first-order valence-corrected chi connectivity index (χ1v) is 19.5. The molecular formula is C49H32N12. The van der Waals surface area contributed by atoms with Crippen molar-refractivity contribution in [2.24, 2.45) is 0 Å². The Morgan fingerprint density at radius 2 is 0.443 bits per heavy atom. The standard InChI is InChI=1S/C49H32N12/c1-5-13-34(14-6-1)42-50-28-54-46(58-42)38-22-32(23-39(26-38)47-55-29-51-43(59-47)35-15-7-2-8-16-35)21-33-24-40(48-56-30-52-44(60-48)36-17-9-3-10-18-36)27-41(25-33)49-57-31-53-45(61-49)37-19-11-4-12-20-37/h1-20,22-31H,21H2. The lowest BCUT2D eigenvalue weighted by Gasteiger charge is -2.13. The van der Waals surface area contributed by atoms with E-state index in [1.165, 1.54) is 0 Å². The van der Waals surface area contributed by atoms with E-state index in [-0.39, 0.29) is 0 Å². The molecule has 0 bridgehead atoms. The highest BCUT2D eigenvalue weighted by molar-refractivity contribution is 5.72. The minimum atomic E-state index is 0.488. The van der Waals surface area contributed by atoms with Gasteiger partial charge in [0.05, 0.1) is 0 Å². The van der Waals surface area contributed by atoms with Crippen LogP contribution < -0.4 is 0 Å². The summed E-state index contributed by atoms with van der Waals surface area (Å²) in [5.41, 5.74) is 8.58. The van der Waals surface area contributed by atoms with E-state index in [0.717, 1.165) is 55.6 Å². The molecule has 288 valence electrons. The number of hydrogen-bond acceptors (Lipinski definition) is 12. The number of aromatic nitrogens is 12. The molecule has 6 aromatic carbocycles. The smallest absolute Gasteiger partial charge is 0.163 e. The largest absolute Gasteiger partial charge is 0.217 e. The zero-order valence-electron chi connectivity index (χ0n) is 32.4. The van der Waals surface area contributed by atoms with Crippen LogP contribution in [0.15, 0.2) is 183 Å². The molecule has 0 radical (unpaired) electrons. The van der Waals surface area contributed by atoms with Crippen molar-refractivity contribution in [3.05, 3.63) is 194 Å². The summed E-state index contributed by atoms with van der Waals surface area (Å²) in [4.78, 5) is 56.2. The molecule has 4 heterocycles. The first-order valence-electron chi connectivity index (χ1n) is 19.5. The molecule has 0 aliphatic rings. The normalized spacial score (nSPS) is 11.0. The van der Waals surface area contributed by atoms with Crippen LogP contribution in [0.1, 0.15) is 11.1 Å². The van der Waals surface area contributed by atoms with Gasteiger partial charge in [-0.15, -0.1) is 0 Å². The van der Waals surface area contributed by atoms with Crippen LogP contribution in [-0.2, 0) is 6.42 Å². The summed E-state index contributed by atoms with van der Waals surface area (Å²) in [7, 11) is 0. The number of hydrogen-bond donors (Lipinski definition) is 0. The van der Waals surface area contributed by atoms with Crippen LogP contribution in [0, 0.1) is 0 Å². The molecule has 0 spiro atoms. The Hall–Kier alpha value is -8.64. The SMILES string of the molecule is c1ccc(-c2ncnc(-c3cc(Cc4cc(-c5ncnc(-c6ccccc6)n5)cc(-c5ncnc(-c6ccccc6)n5)c4)cc(-c4ncnc(-c5ccccc5)n4)c3)n2)cc1. The summed E-state index contributed by atoms with van der Waals surface area (Å²) in [5, 5.41) is 0. The fourth-order valence-corrected chi connectivity index (χ4v) is 6.99. The molecule has 4 aromatic heterocycles. The summed E-state index contributed by atoms with van der Waals surface area (Å²) >= 11 is 0. The second kappa shape index (κ2) is 16.7. The minimum absolute atomic E-state index is 0.488. The molecule has 0 saturated carbocycles. The van der Waals surface area contributed by atoms with Crippen molar-refractivity contribution in [2.75, 3.05) is 0 Å². The van der Waals surface area contributed by atoms with Crippen molar-refractivity contribution < 1.29 is 0 Å². The van der Waals surface area contributed by atoms with Gasteiger partial charge in [0.2, 0.25) is 0 Å². The fraction of sp³-hybridized carbons (Fsp3) is 0.0204. The lowest BCUT2D eigenvalue weighted by molar-refractivity contribution is 1.05. The summed E-state index contributed by atoms with van der Waals surface area (Å²) in [6, 6.07) is 51.8. The summed E-state index contributed by atoms with van der Waals surface area (Å²) in [6.07, 6.45) is 6.66. The molecule has 0 atom stereocenters. The maximum atomic E-state index is 4.92. The van der Waals surface area contributed by atoms with Gasteiger partial charge < -0.3 is 0 Å². The van der Waals surface area contributed by atoms with Crippen LogP contribution in [-0.4, -0.2) is 59.8 Å². The van der Waals surface area contributed by atoms with Gasteiger partial charge >= 0.3 is 0 Å². The molecule has 12 nitrogen and oxygen atoms in total. The van der Waals surface area contributed by atoms with Gasteiger partial charge in [-0.1, -0.05) is 121 Å². The van der Waals surface area contributed by atoms with E-state index in [4.69, 9.17) is 19.9 Å². The Bertz CT molecular complexity index is 2700. The summed E-state index contributed by atoms with van der Waals surface area (Å²) in [6.45, 7) is 0. The van der Waals surface area contributed by atoms with E-state index in [1.54, 1.807) is 25.3 Å². The molecule has 0 aliphatic carbocycles. The van der Waals surface area contributed by atoms with Gasteiger partial charge in [0.15, 0.2) is 46.6 Å². The van der Waals surface area contributed by atoms with E-state index in [0.29, 0.717) is 53.0 Å². The van der Waals surface area contributed by atoms with E-state index in [1.807, 2.05) is 133 Å². The third-order valence-corrected chi connectivity index (χ3v) is 9.84. The average molecular weight is 789 g/mol. The van der Waals surface area contributed by atoms with Gasteiger partial charge in [0, 0.05) is 44.5 Å². The summed E-state index contributed by atoms with van der Waals surface area (Å²) in [5.74, 6) is 4.34. The van der Waals surface area contributed by atoms with Crippen LogP contribution in [0.4, 0.5) is 0 Å². The Morgan fingerprint density at radius 3 is 0.672 bits per heavy atom. The highest BCUT2D eigenvalue weighted by Crippen LogP contribution is 2.31. The lowest BCUT2D eigenvalue weighted by Crippen LogP contribution is -2.01. The molecule has 10 rings (SSSR count). The van der Waals surface area contributed by atoms with Crippen LogP contribution in [0.5, 0.6) is 0 Å². The van der Waals surface area contributed by atoms with Crippen molar-refractivity contribution in [2.45, 2.75) is 6.42 Å². The Kier molecular flexibility index (Phi) is 10.0. The van der Waals surface area contributed by atoms with Crippen molar-refractivity contribution in [3.8, 4) is 91.1 Å². The van der Waals surface area contributed by atoms with Gasteiger partial charge in [0.25, 0.3) is 0 Å². The predicted molar refractivity (Wildman–Crippen MR) is 233 cm³/mol. The van der Waals surface area contributed by atoms with Gasteiger partial charge in [-0.3, -0.25) is 0 Å². The summed E-state index contributed by atoms with van der Waals surface area (Å²) < 4.78 is 0. The molecule has 0 fully saturated rings. The van der Waals surface area contributed by atoms with Crippen molar-refractivity contribution >= 4 is 0 Å². The van der Waals surface area contributed by atoms with E-state index in [2.05, 4.69) is 64.1 Å². The zero-order valence-corrected chi connectivity index (χ0v) is 32.4. The van der Waals surface area contributed by atoms with Crippen LogP contribution in [0.2, 0.25) is 0 Å². The van der Waals surface area contributed by atoms with Crippen molar-refractivity contribution in [1.29, 1.82) is 0 Å². The van der Waals surface area contributed by atoms with E-state index < -0.39 is 0 Å². The molecule has 61 heavy (non-hydrogen) atoms. The average Bonchev–Trinajstić information content (AvgIpc) is 3.35. The van der Waals surface area contributed by atoms with Crippen LogP contribution in [0.25, 0.3) is 91.1 Å². The lowest BCUT2D eigenvalue weighted by atomic mass is 9.96. The van der Waals surface area contributed by atoms with Gasteiger partial charge in [-0.05, 0) is 53.9 Å². The molecule has 12 heteroatoms. The number of rotatable bonds is 10. The molecule has 0 unspecified atom stereocenters. The van der Waals surface area contributed by atoms with Gasteiger partial charge in [-0.25, -0.2) is 59.8 Å². The third kappa shape index (κ3) is 8.22. The minimum Gasteiger partial charge on any atom is -0.217 e. The number of nitrogens with zero attached hydrogens (tertiary/aromatic N) is 12. The second-order valence-corrected chi connectivity index (χ2v) is 14.0. The van der Waals surface area contributed by atoms with E-state index in [9.17, 15) is 0 Å².